The maximum Gasteiger partial charge on any atom is 0.197 e. The van der Waals surface area contributed by atoms with Gasteiger partial charge in [-0.15, -0.1) is 22.7 Å². The molecular formula is C44H20N6O4S2. The van der Waals surface area contributed by atoms with Crippen molar-refractivity contribution < 1.29 is 19.2 Å². The smallest absolute Gasteiger partial charge is 0.197 e. The Hall–Kier alpha value is -7.48. The minimum absolute atomic E-state index is 0.0118. The molecule has 12 heteroatoms. The molecule has 262 valence electrons. The van der Waals surface area contributed by atoms with Crippen LogP contribution >= 0.6 is 22.7 Å². The van der Waals surface area contributed by atoms with Crippen molar-refractivity contribution in [2.45, 2.75) is 0 Å². The second-order valence-electron chi connectivity index (χ2n) is 14.0. The summed E-state index contributed by atoms with van der Waals surface area (Å²) in [5, 5.41) is 23.2. The first-order valence-electron chi connectivity index (χ1n) is 17.2. The van der Waals surface area contributed by atoms with Crippen LogP contribution in [0, 0.1) is 47.6 Å². The number of rotatable bonds is 2. The van der Waals surface area contributed by atoms with Crippen LogP contribution in [0.25, 0.3) is 66.6 Å². The van der Waals surface area contributed by atoms with E-state index in [-0.39, 0.29) is 67.7 Å². The average molecular weight is 761 g/mol. The van der Waals surface area contributed by atoms with E-state index in [1.54, 1.807) is 12.2 Å². The van der Waals surface area contributed by atoms with E-state index in [0.717, 1.165) is 51.3 Å². The molecule has 0 bridgehead atoms. The van der Waals surface area contributed by atoms with Crippen molar-refractivity contribution in [1.82, 2.24) is 9.13 Å². The summed E-state index contributed by atoms with van der Waals surface area (Å²) in [5.74, 6) is -1.67. The summed E-state index contributed by atoms with van der Waals surface area (Å²) >= 11 is 3.01. The Bertz CT molecular complexity index is 3190. The van der Waals surface area contributed by atoms with Crippen molar-refractivity contribution in [3.63, 3.8) is 0 Å². The molecule has 0 N–H and O–H groups in total. The molecule has 0 radical (unpaired) electrons. The molecule has 2 atom stereocenters. The van der Waals surface area contributed by atoms with Gasteiger partial charge in [0.2, 0.25) is 0 Å². The van der Waals surface area contributed by atoms with Gasteiger partial charge in [-0.3, -0.25) is 28.9 Å². The number of nitriles is 2. The first-order valence-corrected chi connectivity index (χ1v) is 18.8. The highest BCUT2D eigenvalue weighted by Crippen LogP contribution is 2.39. The van der Waals surface area contributed by atoms with E-state index in [4.69, 9.17) is 13.1 Å². The highest BCUT2D eigenvalue weighted by Gasteiger charge is 2.36. The molecule has 10 rings (SSSR count). The molecule has 0 amide bonds. The summed E-state index contributed by atoms with van der Waals surface area (Å²) in [7, 11) is 4.00. The zero-order valence-electron chi connectivity index (χ0n) is 29.2. The van der Waals surface area contributed by atoms with Gasteiger partial charge in [0.1, 0.15) is 12.1 Å². The molecule has 0 saturated carbocycles. The number of thiophene rings is 2. The molecule has 56 heavy (non-hydrogen) atoms. The molecular weight excluding hydrogens is 741 g/mol. The monoisotopic (exact) mass is 760 g/mol. The van der Waals surface area contributed by atoms with E-state index in [0.29, 0.717) is 0 Å². The van der Waals surface area contributed by atoms with Gasteiger partial charge >= 0.3 is 0 Å². The molecule has 0 saturated heterocycles. The van der Waals surface area contributed by atoms with Gasteiger partial charge in [-0.05, 0) is 36.4 Å². The third-order valence-corrected chi connectivity index (χ3v) is 13.3. The fourth-order valence-corrected chi connectivity index (χ4v) is 10.7. The van der Waals surface area contributed by atoms with Crippen molar-refractivity contribution >= 4 is 114 Å². The minimum Gasteiger partial charge on any atom is -0.343 e. The van der Waals surface area contributed by atoms with E-state index >= 15 is 0 Å². The molecule has 2 aromatic carbocycles. The predicted molar refractivity (Wildman–Crippen MR) is 213 cm³/mol. The summed E-state index contributed by atoms with van der Waals surface area (Å²) in [4.78, 5) is 61.5. The third-order valence-electron chi connectivity index (χ3n) is 11.1. The normalized spacial score (nSPS) is 17.3. The van der Waals surface area contributed by atoms with Gasteiger partial charge in [-0.25, -0.2) is 0 Å². The van der Waals surface area contributed by atoms with Gasteiger partial charge in [0.05, 0.1) is 55.9 Å². The molecule has 0 aliphatic heterocycles. The van der Waals surface area contributed by atoms with Crippen LogP contribution in [0.15, 0.2) is 47.5 Å². The van der Waals surface area contributed by atoms with E-state index in [9.17, 15) is 29.7 Å². The van der Waals surface area contributed by atoms with Crippen molar-refractivity contribution in [3.05, 3.63) is 135 Å². The molecule has 0 spiro atoms. The Morgan fingerprint density at radius 1 is 0.607 bits per heavy atom. The Labute approximate surface area is 324 Å². The lowest BCUT2D eigenvalue weighted by atomic mass is 9.84. The number of nitrogens with zero attached hydrogens (tertiary/aromatic N) is 6. The first kappa shape index (κ1) is 33.1. The number of aryl methyl sites for hydroxylation is 2. The quantitative estimate of drug-likeness (QED) is 0.127. The highest BCUT2D eigenvalue weighted by atomic mass is 32.1. The zero-order valence-corrected chi connectivity index (χ0v) is 30.8. The summed E-state index contributed by atoms with van der Waals surface area (Å²) < 4.78 is 6.33. The Balaban J connectivity index is 1.01. The van der Waals surface area contributed by atoms with Crippen LogP contribution in [0.5, 0.6) is 0 Å². The van der Waals surface area contributed by atoms with Crippen LogP contribution < -0.4 is 21.1 Å². The third kappa shape index (κ3) is 4.37. The number of benzene rings is 2. The second-order valence-corrected chi connectivity index (χ2v) is 16.1. The average Bonchev–Trinajstić information content (AvgIpc) is 4.02. The lowest BCUT2D eigenvalue weighted by Crippen LogP contribution is -2.39. The first-order chi connectivity index (χ1) is 27.0. The van der Waals surface area contributed by atoms with Gasteiger partial charge < -0.3 is 9.13 Å². The standard InChI is InChI=1S/C44H20N6O4S2/c1-47-33-15-27-28(16-34(33)48-2)42(54)32(41(27)53)12-24-14-38-44(56-24)30-6-20-9-35-29(5-19(20)10-36(30)50(38)4)43-37(49(35)3)13-23(55-43)11-31-39(51)25-7-21(17-45)22(18-46)8-26(25)40(31)52/h5-16,19-20H,3-4H3. The zero-order chi connectivity index (χ0) is 38.9. The minimum atomic E-state index is -0.458. The van der Waals surface area contributed by atoms with Crippen molar-refractivity contribution in [3.8, 4) is 12.1 Å². The largest absolute Gasteiger partial charge is 0.343 e. The molecule has 10 nitrogen and oxygen atoms in total. The second kappa shape index (κ2) is 11.5. The van der Waals surface area contributed by atoms with E-state index in [2.05, 4.69) is 43.1 Å². The molecule has 0 fully saturated rings. The van der Waals surface area contributed by atoms with Crippen LogP contribution in [0.1, 0.15) is 62.3 Å². The number of Topliss-reactive ketones (excluding diaryl/α,β-unsaturated/α-hetero) is 4. The molecule has 4 aliphatic carbocycles. The summed E-state index contributed by atoms with van der Waals surface area (Å²) in [6, 6.07) is 13.2. The molecule has 4 aliphatic rings. The van der Waals surface area contributed by atoms with Gasteiger partial charge in [0, 0.05) is 79.1 Å². The number of hydrogen-bond acceptors (Lipinski definition) is 8. The number of ketones is 4. The lowest BCUT2D eigenvalue weighted by Gasteiger charge is -2.21. The fourth-order valence-electron chi connectivity index (χ4n) is 8.32. The number of hydrogen-bond donors (Lipinski definition) is 0. The number of aromatic nitrogens is 2. The molecule has 4 aromatic heterocycles. The van der Waals surface area contributed by atoms with Gasteiger partial charge in [-0.1, -0.05) is 36.4 Å². The van der Waals surface area contributed by atoms with Crippen LogP contribution in [0.4, 0.5) is 11.4 Å². The number of allylic oxidation sites excluding steroid dienone is 2. The molecule has 4 heterocycles. The number of carbonyl (C=O) groups is 4. The van der Waals surface area contributed by atoms with Gasteiger partial charge in [0.25, 0.3) is 0 Å². The topological polar surface area (TPSA) is 134 Å². The maximum atomic E-state index is 13.3. The van der Waals surface area contributed by atoms with Crippen molar-refractivity contribution in [2.24, 2.45) is 25.9 Å². The van der Waals surface area contributed by atoms with Crippen LogP contribution in [-0.2, 0) is 14.1 Å². The molecule has 2 unspecified atom stereocenters. The fraction of sp³-hybridized carbons (Fsp3) is 0.0909. The number of carbonyl (C=O) groups excluding carboxylic acids is 4. The number of fused-ring (bicyclic) bond motifs is 9. The van der Waals surface area contributed by atoms with Crippen LogP contribution in [0.3, 0.4) is 0 Å². The van der Waals surface area contributed by atoms with E-state index < -0.39 is 23.1 Å². The predicted octanol–water partition coefficient (Wildman–Crippen LogP) is 5.64. The Morgan fingerprint density at radius 2 is 0.982 bits per heavy atom. The summed E-state index contributed by atoms with van der Waals surface area (Å²) in [6.45, 7) is 14.7. The van der Waals surface area contributed by atoms with Crippen molar-refractivity contribution in [1.29, 1.82) is 10.5 Å². The van der Waals surface area contributed by atoms with Gasteiger partial charge in [0.15, 0.2) is 34.5 Å². The Kier molecular flexibility index (Phi) is 6.81. The SMILES string of the molecule is [C-]#[N+]c1cc2c(cc1[N+]#[C-])C(=O)C(=Cc1cc3c(s1)c1c(n3C)=CC3C=c4c(n(C)c5cc(C=C6C(=O)c7cc(C#N)c(C#N)cc7C6=O)sc45)=CC3C=1)C2=O. The van der Waals surface area contributed by atoms with Crippen molar-refractivity contribution in [2.75, 3.05) is 0 Å². The van der Waals surface area contributed by atoms with E-state index in [1.165, 1.54) is 46.9 Å². The Morgan fingerprint density at radius 3 is 1.34 bits per heavy atom. The van der Waals surface area contributed by atoms with Crippen LogP contribution in [-0.4, -0.2) is 32.3 Å². The van der Waals surface area contributed by atoms with Gasteiger partial charge in [-0.2, -0.15) is 10.5 Å². The summed E-state index contributed by atoms with van der Waals surface area (Å²) in [6.07, 6.45) is 12.3. The lowest BCUT2D eigenvalue weighted by molar-refractivity contribution is 0.0975. The van der Waals surface area contributed by atoms with E-state index in [1.807, 2.05) is 38.4 Å². The molecule has 6 aromatic rings. The maximum absolute atomic E-state index is 13.3. The highest BCUT2D eigenvalue weighted by molar-refractivity contribution is 7.20. The van der Waals surface area contributed by atoms with Crippen LogP contribution in [0.2, 0.25) is 0 Å². The summed E-state index contributed by atoms with van der Waals surface area (Å²) in [5.41, 5.74) is 2.79.